The van der Waals surface area contributed by atoms with Gasteiger partial charge in [-0.2, -0.15) is 0 Å². The molecule has 4 atom stereocenters. The van der Waals surface area contributed by atoms with Crippen LogP contribution in [0, 0.1) is 11.8 Å². The summed E-state index contributed by atoms with van der Waals surface area (Å²) in [6.45, 7) is 8.40. The number of hydrogen-bond acceptors (Lipinski definition) is 2. The van der Waals surface area contributed by atoms with Gasteiger partial charge in [0, 0.05) is 5.92 Å². The average Bonchev–Trinajstić information content (AvgIpc) is 2.34. The zero-order chi connectivity index (χ0) is 13.3. The molecule has 0 fully saturated rings. The molecule has 2 heteroatoms. The van der Waals surface area contributed by atoms with Crippen LogP contribution in [0.4, 0.5) is 0 Å². The number of hydrogen-bond donors (Lipinski definition) is 2. The Balaban J connectivity index is 3.95. The second-order valence-corrected chi connectivity index (χ2v) is 5.53. The molecule has 0 unspecified atom stereocenters. The maximum absolute atomic E-state index is 10.2. The summed E-state index contributed by atoms with van der Waals surface area (Å²) in [5.74, 6) is 0.296. The third kappa shape index (κ3) is 7.05. The average molecular weight is 244 g/mol. The third-order valence-corrected chi connectivity index (χ3v) is 3.85. The van der Waals surface area contributed by atoms with Gasteiger partial charge in [-0.1, -0.05) is 59.8 Å². The van der Waals surface area contributed by atoms with E-state index in [1.54, 1.807) is 0 Å². The first-order valence-electron chi connectivity index (χ1n) is 7.40. The van der Waals surface area contributed by atoms with Crippen molar-refractivity contribution in [3.05, 3.63) is 0 Å². The summed E-state index contributed by atoms with van der Waals surface area (Å²) >= 11 is 0. The molecule has 0 saturated heterocycles. The lowest BCUT2D eigenvalue weighted by Crippen LogP contribution is -2.34. The first-order chi connectivity index (χ1) is 8.04. The van der Waals surface area contributed by atoms with E-state index in [0.717, 1.165) is 25.7 Å². The molecular weight excluding hydrogens is 212 g/mol. The van der Waals surface area contributed by atoms with Crippen molar-refractivity contribution in [3.63, 3.8) is 0 Å². The van der Waals surface area contributed by atoms with Crippen molar-refractivity contribution in [2.75, 3.05) is 0 Å². The molecule has 0 rings (SSSR count). The fraction of sp³-hybridized carbons (Fsp3) is 1.00. The SMILES string of the molecule is CCCCC[C@@H](O)[C@@H](C)[C@@H](O)[C@H](C)CCCC. The normalized spacial score (nSPS) is 18.7. The minimum Gasteiger partial charge on any atom is -0.393 e. The molecule has 0 radical (unpaired) electrons. The minimum absolute atomic E-state index is 0.00119. The topological polar surface area (TPSA) is 40.5 Å². The van der Waals surface area contributed by atoms with E-state index in [0.29, 0.717) is 5.92 Å². The molecule has 0 spiro atoms. The van der Waals surface area contributed by atoms with Crippen LogP contribution in [0.2, 0.25) is 0 Å². The summed E-state index contributed by atoms with van der Waals surface area (Å²) in [4.78, 5) is 0. The third-order valence-electron chi connectivity index (χ3n) is 3.85. The van der Waals surface area contributed by atoms with Crippen LogP contribution in [0.25, 0.3) is 0 Å². The first kappa shape index (κ1) is 16.9. The van der Waals surface area contributed by atoms with E-state index >= 15 is 0 Å². The van der Waals surface area contributed by atoms with Crippen molar-refractivity contribution >= 4 is 0 Å². The van der Waals surface area contributed by atoms with Gasteiger partial charge in [-0.05, 0) is 18.8 Å². The van der Waals surface area contributed by atoms with E-state index in [2.05, 4.69) is 20.8 Å². The molecule has 0 bridgehead atoms. The summed E-state index contributed by atoms with van der Waals surface area (Å²) < 4.78 is 0. The van der Waals surface area contributed by atoms with Gasteiger partial charge in [0.1, 0.15) is 0 Å². The first-order valence-corrected chi connectivity index (χ1v) is 7.40. The molecular formula is C15H32O2. The van der Waals surface area contributed by atoms with Gasteiger partial charge < -0.3 is 10.2 Å². The zero-order valence-corrected chi connectivity index (χ0v) is 12.2. The number of rotatable bonds is 10. The second kappa shape index (κ2) is 9.90. The Morgan fingerprint density at radius 2 is 1.41 bits per heavy atom. The molecule has 0 amide bonds. The molecule has 0 aromatic rings. The summed E-state index contributed by atoms with van der Waals surface area (Å²) in [5.41, 5.74) is 0. The highest BCUT2D eigenvalue weighted by atomic mass is 16.3. The molecule has 0 aliphatic heterocycles. The summed E-state index contributed by atoms with van der Waals surface area (Å²) in [6, 6.07) is 0. The van der Waals surface area contributed by atoms with Gasteiger partial charge in [0.25, 0.3) is 0 Å². The lowest BCUT2D eigenvalue weighted by atomic mass is 9.85. The minimum atomic E-state index is -0.363. The van der Waals surface area contributed by atoms with Gasteiger partial charge in [-0.15, -0.1) is 0 Å². The lowest BCUT2D eigenvalue weighted by molar-refractivity contribution is -0.0123. The summed E-state index contributed by atoms with van der Waals surface area (Å²) in [7, 11) is 0. The molecule has 104 valence electrons. The van der Waals surface area contributed by atoms with E-state index < -0.39 is 0 Å². The van der Waals surface area contributed by atoms with Crippen LogP contribution in [0.1, 0.15) is 72.6 Å². The Bertz CT molecular complexity index is 170. The number of unbranched alkanes of at least 4 members (excludes halogenated alkanes) is 3. The van der Waals surface area contributed by atoms with Crippen LogP contribution in [0.5, 0.6) is 0 Å². The van der Waals surface area contributed by atoms with Crippen LogP contribution in [-0.2, 0) is 0 Å². The van der Waals surface area contributed by atoms with Crippen LogP contribution in [0.3, 0.4) is 0 Å². The van der Waals surface area contributed by atoms with Crippen molar-refractivity contribution in [2.24, 2.45) is 11.8 Å². The zero-order valence-electron chi connectivity index (χ0n) is 12.2. The second-order valence-electron chi connectivity index (χ2n) is 5.53. The van der Waals surface area contributed by atoms with Crippen LogP contribution in [-0.4, -0.2) is 22.4 Å². The molecule has 0 aliphatic carbocycles. The van der Waals surface area contributed by atoms with Crippen molar-refractivity contribution in [1.82, 2.24) is 0 Å². The van der Waals surface area contributed by atoms with Crippen LogP contribution in [0.15, 0.2) is 0 Å². The Hall–Kier alpha value is -0.0800. The molecule has 0 aromatic carbocycles. The van der Waals surface area contributed by atoms with Crippen molar-refractivity contribution in [2.45, 2.75) is 84.8 Å². The van der Waals surface area contributed by atoms with Crippen molar-refractivity contribution in [3.8, 4) is 0 Å². The quantitative estimate of drug-likeness (QED) is 0.575. The van der Waals surface area contributed by atoms with E-state index in [4.69, 9.17) is 0 Å². The van der Waals surface area contributed by atoms with Crippen LogP contribution >= 0.6 is 0 Å². The Kier molecular flexibility index (Phi) is 9.85. The molecule has 0 saturated carbocycles. The van der Waals surface area contributed by atoms with E-state index in [9.17, 15) is 10.2 Å². The van der Waals surface area contributed by atoms with Crippen LogP contribution < -0.4 is 0 Å². The Labute approximate surface area is 107 Å². The maximum atomic E-state index is 10.2. The van der Waals surface area contributed by atoms with E-state index in [1.807, 2.05) is 6.92 Å². The summed E-state index contributed by atoms with van der Waals surface area (Å²) in [5, 5.41) is 20.2. The van der Waals surface area contributed by atoms with Gasteiger partial charge in [-0.3, -0.25) is 0 Å². The van der Waals surface area contributed by atoms with Crippen molar-refractivity contribution in [1.29, 1.82) is 0 Å². The Morgan fingerprint density at radius 1 is 0.824 bits per heavy atom. The highest BCUT2D eigenvalue weighted by Crippen LogP contribution is 2.23. The fourth-order valence-corrected chi connectivity index (χ4v) is 2.31. The van der Waals surface area contributed by atoms with Gasteiger partial charge in [-0.25, -0.2) is 0 Å². The predicted octanol–water partition coefficient (Wildman–Crippen LogP) is 3.75. The standard InChI is InChI=1S/C15H32O2/c1-5-7-9-11-14(16)13(4)15(17)12(3)10-8-6-2/h12-17H,5-11H2,1-4H3/t12-,13-,14-,15+/m1/s1. The van der Waals surface area contributed by atoms with Gasteiger partial charge in [0.15, 0.2) is 0 Å². The van der Waals surface area contributed by atoms with Gasteiger partial charge in [0.05, 0.1) is 12.2 Å². The maximum Gasteiger partial charge on any atom is 0.0615 e. The molecule has 0 aliphatic rings. The predicted molar refractivity (Wildman–Crippen MR) is 74.0 cm³/mol. The van der Waals surface area contributed by atoms with Crippen molar-refractivity contribution < 1.29 is 10.2 Å². The lowest BCUT2D eigenvalue weighted by Gasteiger charge is -2.28. The summed E-state index contributed by atoms with van der Waals surface area (Å²) in [6.07, 6.45) is 6.93. The highest BCUT2D eigenvalue weighted by Gasteiger charge is 2.26. The largest absolute Gasteiger partial charge is 0.393 e. The van der Waals surface area contributed by atoms with Gasteiger partial charge >= 0.3 is 0 Å². The molecule has 2 N–H and O–H groups in total. The molecule has 2 nitrogen and oxygen atoms in total. The van der Waals surface area contributed by atoms with E-state index in [-0.39, 0.29) is 18.1 Å². The molecule has 0 heterocycles. The monoisotopic (exact) mass is 244 g/mol. The smallest absolute Gasteiger partial charge is 0.0615 e. The number of aliphatic hydroxyl groups is 2. The van der Waals surface area contributed by atoms with Gasteiger partial charge in [0.2, 0.25) is 0 Å². The molecule has 17 heavy (non-hydrogen) atoms. The van der Waals surface area contributed by atoms with E-state index in [1.165, 1.54) is 19.3 Å². The molecule has 0 aromatic heterocycles. The Morgan fingerprint density at radius 3 is 1.94 bits per heavy atom. The fourth-order valence-electron chi connectivity index (χ4n) is 2.31. The highest BCUT2D eigenvalue weighted by molar-refractivity contribution is 4.76. The number of aliphatic hydroxyl groups excluding tert-OH is 2.